The van der Waals surface area contributed by atoms with Crippen LogP contribution in [-0.2, 0) is 33.8 Å². The number of benzene rings is 2. The number of anilines is 1. The van der Waals surface area contributed by atoms with E-state index < -0.39 is 17.4 Å². The molecule has 3 rings (SSSR count). The Balaban J connectivity index is 1.96. The number of phenolic OH excluding ortho intramolecular Hbond substituents is 1. The Morgan fingerprint density at radius 3 is 2.43 bits per heavy atom. The van der Waals surface area contributed by atoms with Gasteiger partial charge in [-0.05, 0) is 73.1 Å². The number of aryl methyl sites for hydroxylation is 2. The summed E-state index contributed by atoms with van der Waals surface area (Å²) in [6.45, 7) is 11.7. The highest BCUT2D eigenvalue weighted by molar-refractivity contribution is 5.99. The molecule has 200 valence electrons. The number of hydrogen-bond donors (Lipinski definition) is 3. The van der Waals surface area contributed by atoms with E-state index in [2.05, 4.69) is 12.2 Å². The number of aromatic hydroxyl groups is 1. The van der Waals surface area contributed by atoms with Gasteiger partial charge in [0.2, 0.25) is 11.8 Å². The lowest BCUT2D eigenvalue weighted by molar-refractivity contribution is -0.148. The molecule has 3 N–H and O–H groups in total. The van der Waals surface area contributed by atoms with Crippen molar-refractivity contribution in [2.75, 3.05) is 5.32 Å². The van der Waals surface area contributed by atoms with Crippen LogP contribution in [-0.4, -0.2) is 38.9 Å². The van der Waals surface area contributed by atoms with Crippen LogP contribution in [0, 0.1) is 26.2 Å². The van der Waals surface area contributed by atoms with E-state index in [0.29, 0.717) is 36.2 Å². The molecular weight excluding hydrogens is 468 g/mol. The average Bonchev–Trinajstić information content (AvgIpc) is 2.86. The summed E-state index contributed by atoms with van der Waals surface area (Å²) in [5.74, 6) is -0.945. The lowest BCUT2D eigenvalue weighted by atomic mass is 9.83. The Morgan fingerprint density at radius 2 is 1.78 bits per heavy atom. The van der Waals surface area contributed by atoms with Gasteiger partial charge in [0, 0.05) is 30.5 Å². The van der Waals surface area contributed by atoms with Crippen LogP contribution >= 0.6 is 0 Å². The first-order valence-corrected chi connectivity index (χ1v) is 13.1. The molecule has 1 atom stereocenters. The fraction of sp³-hybridized carbons (Fsp3) is 0.500. The SMILES string of the molecule is CCCCC(C)(C)C(=O)N1Cc2cc(CCC(=O)O)ccc2C[C@H]1C(=O)Nc1cc(C)c(O)c(C)c1C. The predicted molar refractivity (Wildman–Crippen MR) is 145 cm³/mol. The summed E-state index contributed by atoms with van der Waals surface area (Å²) in [6.07, 6.45) is 3.47. The van der Waals surface area contributed by atoms with E-state index in [1.165, 1.54) is 0 Å². The van der Waals surface area contributed by atoms with Gasteiger partial charge in [-0.3, -0.25) is 14.4 Å². The summed E-state index contributed by atoms with van der Waals surface area (Å²) in [6, 6.07) is 6.92. The number of unbranched alkanes of at least 4 members (excludes halogenated alkanes) is 1. The molecule has 0 saturated carbocycles. The Hall–Kier alpha value is -3.35. The van der Waals surface area contributed by atoms with E-state index in [9.17, 15) is 19.5 Å². The first kappa shape index (κ1) is 28.2. The van der Waals surface area contributed by atoms with Crippen molar-refractivity contribution in [1.29, 1.82) is 0 Å². The number of nitrogens with one attached hydrogen (secondary N) is 1. The molecule has 0 aliphatic carbocycles. The van der Waals surface area contributed by atoms with E-state index in [1.54, 1.807) is 17.9 Å². The normalized spacial score (nSPS) is 15.3. The quantitative estimate of drug-likeness (QED) is 0.391. The van der Waals surface area contributed by atoms with E-state index >= 15 is 0 Å². The Bertz CT molecular complexity index is 1200. The highest BCUT2D eigenvalue weighted by Crippen LogP contribution is 2.34. The Morgan fingerprint density at radius 1 is 1.08 bits per heavy atom. The minimum atomic E-state index is -0.848. The smallest absolute Gasteiger partial charge is 0.303 e. The monoisotopic (exact) mass is 508 g/mol. The zero-order chi connectivity index (χ0) is 27.5. The Labute approximate surface area is 219 Å². The molecule has 0 radical (unpaired) electrons. The second-order valence-electron chi connectivity index (χ2n) is 11.0. The van der Waals surface area contributed by atoms with Crippen LogP contribution in [0.4, 0.5) is 5.69 Å². The highest BCUT2D eigenvalue weighted by atomic mass is 16.4. The summed E-state index contributed by atoms with van der Waals surface area (Å²) in [4.78, 5) is 40.3. The van der Waals surface area contributed by atoms with Gasteiger partial charge in [-0.1, -0.05) is 51.8 Å². The van der Waals surface area contributed by atoms with Gasteiger partial charge in [-0.25, -0.2) is 0 Å². The van der Waals surface area contributed by atoms with Gasteiger partial charge in [0.1, 0.15) is 11.8 Å². The number of nitrogens with zero attached hydrogens (tertiary/aromatic N) is 1. The third-order valence-corrected chi connectivity index (χ3v) is 7.64. The second kappa shape index (κ2) is 11.4. The molecule has 0 aromatic heterocycles. The number of amides is 2. The van der Waals surface area contributed by atoms with E-state index in [-0.39, 0.29) is 24.0 Å². The number of carbonyl (C=O) groups is 3. The maximum absolute atomic E-state index is 13.9. The molecule has 0 unspecified atom stereocenters. The number of rotatable bonds is 9. The third kappa shape index (κ3) is 6.32. The van der Waals surface area contributed by atoms with Gasteiger partial charge in [-0.2, -0.15) is 0 Å². The van der Waals surface area contributed by atoms with Gasteiger partial charge >= 0.3 is 5.97 Å². The molecule has 1 heterocycles. The molecular formula is C30H40N2O5. The zero-order valence-electron chi connectivity index (χ0n) is 22.9. The second-order valence-corrected chi connectivity index (χ2v) is 11.0. The van der Waals surface area contributed by atoms with E-state index in [0.717, 1.165) is 41.5 Å². The minimum Gasteiger partial charge on any atom is -0.507 e. The van der Waals surface area contributed by atoms with Crippen molar-refractivity contribution in [2.45, 2.75) is 92.7 Å². The summed E-state index contributed by atoms with van der Waals surface area (Å²) >= 11 is 0. The van der Waals surface area contributed by atoms with Gasteiger partial charge in [0.15, 0.2) is 0 Å². The summed E-state index contributed by atoms with van der Waals surface area (Å²) in [5, 5.41) is 22.4. The van der Waals surface area contributed by atoms with Crippen molar-refractivity contribution >= 4 is 23.5 Å². The van der Waals surface area contributed by atoms with Crippen molar-refractivity contribution in [2.24, 2.45) is 5.41 Å². The van der Waals surface area contributed by atoms with Crippen molar-refractivity contribution in [3.05, 3.63) is 57.6 Å². The van der Waals surface area contributed by atoms with Crippen LogP contribution < -0.4 is 5.32 Å². The number of carboxylic acids is 1. The third-order valence-electron chi connectivity index (χ3n) is 7.64. The summed E-state index contributed by atoms with van der Waals surface area (Å²) < 4.78 is 0. The van der Waals surface area contributed by atoms with Crippen molar-refractivity contribution in [1.82, 2.24) is 4.90 Å². The topological polar surface area (TPSA) is 107 Å². The molecule has 2 aromatic carbocycles. The molecule has 0 spiro atoms. The molecule has 37 heavy (non-hydrogen) atoms. The maximum atomic E-state index is 13.9. The van der Waals surface area contributed by atoms with Gasteiger partial charge in [0.25, 0.3) is 0 Å². The standard InChI is InChI=1S/C30H40N2O5/c1-7-8-13-30(5,6)29(37)32-17-23-15-21(10-12-26(33)34)9-11-22(23)16-25(32)28(36)31-24-14-18(2)27(35)20(4)19(24)3/h9,11,14-15,25,35H,7-8,10,12-13,16-17H2,1-6H3,(H,31,36)(H,33,34)/t25-/m0/s1. The first-order chi connectivity index (χ1) is 17.4. The molecule has 2 amide bonds. The molecule has 7 heteroatoms. The lowest BCUT2D eigenvalue weighted by Gasteiger charge is -2.40. The largest absolute Gasteiger partial charge is 0.507 e. The van der Waals surface area contributed by atoms with Crippen LogP contribution in [0.5, 0.6) is 5.75 Å². The summed E-state index contributed by atoms with van der Waals surface area (Å²) in [7, 11) is 0. The number of aliphatic carboxylic acids is 1. The first-order valence-electron chi connectivity index (χ1n) is 13.1. The van der Waals surface area contributed by atoms with Crippen LogP contribution in [0.25, 0.3) is 0 Å². The number of fused-ring (bicyclic) bond motifs is 1. The molecule has 7 nitrogen and oxygen atoms in total. The minimum absolute atomic E-state index is 0.0430. The van der Waals surface area contributed by atoms with Crippen LogP contribution in [0.15, 0.2) is 24.3 Å². The molecule has 1 aliphatic rings. The number of carboxylic acid groups (broad SMARTS) is 1. The molecule has 2 aromatic rings. The fourth-order valence-electron chi connectivity index (χ4n) is 5.02. The van der Waals surface area contributed by atoms with E-state index in [4.69, 9.17) is 5.11 Å². The van der Waals surface area contributed by atoms with Gasteiger partial charge < -0.3 is 20.4 Å². The molecule has 0 bridgehead atoms. The van der Waals surface area contributed by atoms with Crippen LogP contribution in [0.2, 0.25) is 0 Å². The number of phenols is 1. The van der Waals surface area contributed by atoms with Crippen molar-refractivity contribution < 1.29 is 24.6 Å². The fourth-order valence-corrected chi connectivity index (χ4v) is 5.02. The maximum Gasteiger partial charge on any atom is 0.303 e. The van der Waals surface area contributed by atoms with Crippen molar-refractivity contribution in [3.8, 4) is 5.75 Å². The summed E-state index contributed by atoms with van der Waals surface area (Å²) in [5.41, 5.74) is 5.05. The predicted octanol–water partition coefficient (Wildman–Crippen LogP) is 5.44. The zero-order valence-corrected chi connectivity index (χ0v) is 22.9. The van der Waals surface area contributed by atoms with Crippen LogP contribution in [0.1, 0.15) is 79.8 Å². The van der Waals surface area contributed by atoms with Gasteiger partial charge in [-0.15, -0.1) is 0 Å². The number of carbonyl (C=O) groups excluding carboxylic acids is 2. The highest BCUT2D eigenvalue weighted by Gasteiger charge is 2.40. The molecule has 0 fully saturated rings. The lowest BCUT2D eigenvalue weighted by Crippen LogP contribution is -2.54. The van der Waals surface area contributed by atoms with Crippen LogP contribution in [0.3, 0.4) is 0 Å². The number of hydrogen-bond acceptors (Lipinski definition) is 4. The van der Waals surface area contributed by atoms with E-state index in [1.807, 2.05) is 45.9 Å². The molecule has 1 aliphatic heterocycles. The Kier molecular flexibility index (Phi) is 8.67. The average molecular weight is 509 g/mol. The molecule has 0 saturated heterocycles. The van der Waals surface area contributed by atoms with Crippen molar-refractivity contribution in [3.63, 3.8) is 0 Å². The van der Waals surface area contributed by atoms with Gasteiger partial charge in [0.05, 0.1) is 0 Å².